The van der Waals surface area contributed by atoms with Crippen LogP contribution in [-0.2, 0) is 9.84 Å². The number of hydrogen-bond donors (Lipinski definition) is 2. The van der Waals surface area contributed by atoms with Crippen LogP contribution in [0.5, 0.6) is 11.5 Å². The Kier molecular flexibility index (Phi) is 5.55. The molecule has 0 saturated carbocycles. The largest absolute Gasteiger partial charge is 0.493 e. The van der Waals surface area contributed by atoms with Crippen LogP contribution in [0.15, 0.2) is 42.5 Å². The zero-order chi connectivity index (χ0) is 19.4. The third-order valence-electron chi connectivity index (χ3n) is 4.39. The molecule has 0 aliphatic carbocycles. The van der Waals surface area contributed by atoms with Crippen LogP contribution in [0.25, 0.3) is 0 Å². The van der Waals surface area contributed by atoms with E-state index >= 15 is 0 Å². The van der Waals surface area contributed by atoms with Crippen molar-refractivity contribution in [1.29, 1.82) is 0 Å². The topological polar surface area (TPSA) is 93.7 Å². The molecule has 1 fully saturated rings. The first-order chi connectivity index (χ1) is 12.9. The van der Waals surface area contributed by atoms with E-state index in [0.29, 0.717) is 29.2 Å². The number of hydrogen-bond acceptors (Lipinski definition) is 6. The summed E-state index contributed by atoms with van der Waals surface area (Å²) in [5.74, 6) is 1.16. The highest BCUT2D eigenvalue weighted by Gasteiger charge is 2.27. The first-order valence-electron chi connectivity index (χ1n) is 8.50. The highest BCUT2D eigenvalue weighted by molar-refractivity contribution is 7.91. The number of sulfone groups is 1. The summed E-state index contributed by atoms with van der Waals surface area (Å²) in [6.07, 6.45) is 0.611. The smallest absolute Gasteiger partial charge is 0.255 e. The van der Waals surface area contributed by atoms with Crippen molar-refractivity contribution in [2.45, 2.75) is 12.5 Å². The maximum atomic E-state index is 12.4. The molecule has 1 aliphatic heterocycles. The highest BCUT2D eigenvalue weighted by Crippen LogP contribution is 2.28. The molecule has 8 heteroatoms. The Morgan fingerprint density at radius 1 is 1.00 bits per heavy atom. The van der Waals surface area contributed by atoms with Crippen molar-refractivity contribution < 1.29 is 22.7 Å². The molecular formula is C19H22N2O5S. The monoisotopic (exact) mass is 390 g/mol. The number of amides is 1. The minimum Gasteiger partial charge on any atom is -0.493 e. The molecule has 1 aliphatic rings. The normalized spacial score (nSPS) is 17.9. The van der Waals surface area contributed by atoms with E-state index in [1.807, 2.05) is 12.1 Å². The van der Waals surface area contributed by atoms with E-state index in [4.69, 9.17) is 9.47 Å². The fraction of sp³-hybridized carbons (Fsp3) is 0.316. The Labute approximate surface area is 158 Å². The van der Waals surface area contributed by atoms with E-state index < -0.39 is 9.84 Å². The van der Waals surface area contributed by atoms with E-state index in [-0.39, 0.29) is 23.5 Å². The van der Waals surface area contributed by atoms with Crippen LogP contribution in [0.2, 0.25) is 0 Å². The van der Waals surface area contributed by atoms with Crippen LogP contribution in [0.3, 0.4) is 0 Å². The van der Waals surface area contributed by atoms with Gasteiger partial charge in [-0.25, -0.2) is 8.42 Å². The van der Waals surface area contributed by atoms with Gasteiger partial charge in [0.2, 0.25) is 0 Å². The molecule has 144 valence electrons. The summed E-state index contributed by atoms with van der Waals surface area (Å²) < 4.78 is 33.4. The summed E-state index contributed by atoms with van der Waals surface area (Å²) in [5, 5.41) is 6.04. The zero-order valence-corrected chi connectivity index (χ0v) is 16.0. The lowest BCUT2D eigenvalue weighted by Crippen LogP contribution is -2.20. The van der Waals surface area contributed by atoms with Gasteiger partial charge in [0.05, 0.1) is 25.7 Å². The van der Waals surface area contributed by atoms with Crippen molar-refractivity contribution in [2.75, 3.05) is 36.4 Å². The van der Waals surface area contributed by atoms with Crippen molar-refractivity contribution in [1.82, 2.24) is 0 Å². The van der Waals surface area contributed by atoms with Crippen LogP contribution < -0.4 is 20.1 Å². The van der Waals surface area contributed by atoms with Gasteiger partial charge in [0.25, 0.3) is 5.91 Å². The molecule has 1 heterocycles. The van der Waals surface area contributed by atoms with E-state index in [1.54, 1.807) is 30.3 Å². The fourth-order valence-corrected chi connectivity index (χ4v) is 4.65. The standard InChI is InChI=1S/C19H22N2O5S/c1-25-17-8-3-13(11-18(17)26-2)19(22)21-15-6-4-14(5-7-15)20-16-9-10-27(23,24)12-16/h3-8,11,16,20H,9-10,12H2,1-2H3,(H,21,22). The number of methoxy groups -OCH3 is 2. The molecule has 1 amide bonds. The second kappa shape index (κ2) is 7.87. The van der Waals surface area contributed by atoms with Gasteiger partial charge in [0.1, 0.15) is 0 Å². The maximum absolute atomic E-state index is 12.4. The van der Waals surface area contributed by atoms with Crippen LogP contribution in [0.4, 0.5) is 11.4 Å². The molecule has 1 atom stereocenters. The minimum atomic E-state index is -2.92. The fourth-order valence-electron chi connectivity index (χ4n) is 2.98. The van der Waals surface area contributed by atoms with Gasteiger partial charge in [0, 0.05) is 23.0 Å². The Bertz CT molecular complexity index is 926. The van der Waals surface area contributed by atoms with Crippen molar-refractivity contribution in [3.8, 4) is 11.5 Å². The Morgan fingerprint density at radius 2 is 1.67 bits per heavy atom. The molecule has 1 saturated heterocycles. The Balaban J connectivity index is 1.63. The summed E-state index contributed by atoms with van der Waals surface area (Å²) in [4.78, 5) is 12.4. The average Bonchev–Trinajstić information content (AvgIpc) is 3.01. The molecule has 2 aromatic carbocycles. The van der Waals surface area contributed by atoms with Crippen molar-refractivity contribution in [2.24, 2.45) is 0 Å². The second-order valence-electron chi connectivity index (χ2n) is 6.35. The van der Waals surface area contributed by atoms with Gasteiger partial charge in [-0.1, -0.05) is 0 Å². The number of nitrogens with one attached hydrogen (secondary N) is 2. The van der Waals surface area contributed by atoms with Crippen molar-refractivity contribution in [3.05, 3.63) is 48.0 Å². The van der Waals surface area contributed by atoms with Crippen LogP contribution in [-0.4, -0.2) is 46.1 Å². The van der Waals surface area contributed by atoms with Gasteiger partial charge in [-0.3, -0.25) is 4.79 Å². The van der Waals surface area contributed by atoms with Gasteiger partial charge in [0.15, 0.2) is 21.3 Å². The van der Waals surface area contributed by atoms with Crippen LogP contribution in [0.1, 0.15) is 16.8 Å². The van der Waals surface area contributed by atoms with Gasteiger partial charge < -0.3 is 20.1 Å². The third kappa shape index (κ3) is 4.71. The molecule has 0 spiro atoms. The first-order valence-corrected chi connectivity index (χ1v) is 10.3. The summed E-state index contributed by atoms with van der Waals surface area (Å²) >= 11 is 0. The first kappa shape index (κ1) is 19.0. The molecule has 0 radical (unpaired) electrons. The lowest BCUT2D eigenvalue weighted by Gasteiger charge is -2.13. The van der Waals surface area contributed by atoms with Crippen molar-refractivity contribution in [3.63, 3.8) is 0 Å². The van der Waals surface area contributed by atoms with E-state index in [1.165, 1.54) is 14.2 Å². The minimum absolute atomic E-state index is 0.0674. The molecule has 3 rings (SSSR count). The molecule has 0 aromatic heterocycles. The summed E-state index contributed by atoms with van der Waals surface area (Å²) in [5.41, 5.74) is 1.91. The number of ether oxygens (including phenoxy) is 2. The predicted molar refractivity (Wildman–Crippen MR) is 105 cm³/mol. The number of benzene rings is 2. The molecule has 1 unspecified atom stereocenters. The third-order valence-corrected chi connectivity index (χ3v) is 6.16. The van der Waals surface area contributed by atoms with E-state index in [9.17, 15) is 13.2 Å². The van der Waals surface area contributed by atoms with E-state index in [0.717, 1.165) is 5.69 Å². The van der Waals surface area contributed by atoms with Gasteiger partial charge in [-0.2, -0.15) is 0 Å². The molecule has 2 aromatic rings. The molecular weight excluding hydrogens is 368 g/mol. The average molecular weight is 390 g/mol. The predicted octanol–water partition coefficient (Wildman–Crippen LogP) is 2.56. The summed E-state index contributed by atoms with van der Waals surface area (Å²) in [6, 6.07) is 12.1. The number of rotatable bonds is 6. The number of carbonyl (C=O) groups excluding carboxylic acids is 1. The molecule has 27 heavy (non-hydrogen) atoms. The maximum Gasteiger partial charge on any atom is 0.255 e. The lowest BCUT2D eigenvalue weighted by atomic mass is 10.1. The molecule has 2 N–H and O–H groups in total. The summed E-state index contributed by atoms with van der Waals surface area (Å²) in [7, 11) is 0.131. The number of anilines is 2. The lowest BCUT2D eigenvalue weighted by molar-refractivity contribution is 0.102. The molecule has 0 bridgehead atoms. The Hall–Kier alpha value is -2.74. The SMILES string of the molecule is COc1ccc(C(=O)Nc2ccc(NC3CCS(=O)(=O)C3)cc2)cc1OC. The zero-order valence-electron chi connectivity index (χ0n) is 15.2. The quantitative estimate of drug-likeness (QED) is 0.787. The van der Waals surface area contributed by atoms with Gasteiger partial charge in [-0.15, -0.1) is 0 Å². The van der Waals surface area contributed by atoms with Crippen LogP contribution in [0, 0.1) is 0 Å². The summed E-state index contributed by atoms with van der Waals surface area (Å²) in [6.45, 7) is 0. The Morgan fingerprint density at radius 3 is 2.26 bits per heavy atom. The van der Waals surface area contributed by atoms with Gasteiger partial charge in [-0.05, 0) is 48.9 Å². The molecule has 7 nitrogen and oxygen atoms in total. The van der Waals surface area contributed by atoms with Gasteiger partial charge >= 0.3 is 0 Å². The second-order valence-corrected chi connectivity index (χ2v) is 8.57. The highest BCUT2D eigenvalue weighted by atomic mass is 32.2. The van der Waals surface area contributed by atoms with E-state index in [2.05, 4.69) is 10.6 Å². The van der Waals surface area contributed by atoms with Crippen molar-refractivity contribution >= 4 is 27.1 Å². The van der Waals surface area contributed by atoms with Crippen LogP contribution >= 0.6 is 0 Å². The number of carbonyl (C=O) groups is 1.